The summed E-state index contributed by atoms with van der Waals surface area (Å²) in [5.74, 6) is 0.464. The second kappa shape index (κ2) is 3.92. The Labute approximate surface area is 105 Å². The number of benzene rings is 1. The zero-order valence-electron chi connectivity index (χ0n) is 9.68. The third kappa shape index (κ3) is 2.06. The number of rotatable bonds is 1. The molecule has 0 aliphatic carbocycles. The van der Waals surface area contributed by atoms with Crippen molar-refractivity contribution in [2.75, 3.05) is 4.90 Å². The summed E-state index contributed by atoms with van der Waals surface area (Å²) in [6, 6.07) is 7.39. The van der Waals surface area contributed by atoms with Gasteiger partial charge in [-0.1, -0.05) is 23.7 Å². The summed E-state index contributed by atoms with van der Waals surface area (Å²) in [7, 11) is 0. The van der Waals surface area contributed by atoms with Gasteiger partial charge in [0.25, 0.3) is 0 Å². The standard InChI is InChI=1S/C11H14ClN5/c1-11(2)16-9(13)15-10(14)17(11)8-6-4-3-5-7(8)12/h3-6H,1-2H3,(H4,13,14,15,16). The number of nitrogens with two attached hydrogens (primary N) is 2. The quantitative estimate of drug-likeness (QED) is 0.794. The maximum Gasteiger partial charge on any atom is 0.220 e. The predicted molar refractivity (Wildman–Crippen MR) is 71.3 cm³/mol. The topological polar surface area (TPSA) is 80.0 Å². The number of para-hydroxylation sites is 1. The van der Waals surface area contributed by atoms with E-state index in [1.54, 1.807) is 11.0 Å². The molecule has 0 fully saturated rings. The van der Waals surface area contributed by atoms with Gasteiger partial charge in [-0.2, -0.15) is 4.99 Å². The average Bonchev–Trinajstić information content (AvgIpc) is 2.18. The summed E-state index contributed by atoms with van der Waals surface area (Å²) < 4.78 is 0. The Morgan fingerprint density at radius 3 is 2.47 bits per heavy atom. The van der Waals surface area contributed by atoms with Gasteiger partial charge >= 0.3 is 0 Å². The molecule has 90 valence electrons. The number of aliphatic imine (C=N–C) groups is 2. The Morgan fingerprint density at radius 2 is 1.88 bits per heavy atom. The molecular weight excluding hydrogens is 238 g/mol. The first-order valence-electron chi connectivity index (χ1n) is 5.16. The van der Waals surface area contributed by atoms with E-state index in [1.165, 1.54) is 0 Å². The summed E-state index contributed by atoms with van der Waals surface area (Å²) in [5, 5.41) is 0.592. The lowest BCUT2D eigenvalue weighted by Crippen LogP contribution is -2.54. The van der Waals surface area contributed by atoms with Crippen LogP contribution in [0.3, 0.4) is 0 Å². The Balaban J connectivity index is 2.53. The number of guanidine groups is 2. The third-order valence-electron chi connectivity index (χ3n) is 2.49. The van der Waals surface area contributed by atoms with Crippen molar-refractivity contribution in [3.63, 3.8) is 0 Å². The molecule has 0 atom stereocenters. The first kappa shape index (κ1) is 11.7. The van der Waals surface area contributed by atoms with Crippen molar-refractivity contribution in [2.24, 2.45) is 21.5 Å². The van der Waals surface area contributed by atoms with Gasteiger partial charge in [0.2, 0.25) is 11.9 Å². The zero-order chi connectivity index (χ0) is 12.6. The SMILES string of the molecule is CC1(C)N=C(N)N=C(N)N1c1ccccc1Cl. The molecule has 1 aromatic rings. The maximum atomic E-state index is 6.15. The number of anilines is 1. The van der Waals surface area contributed by atoms with E-state index in [4.69, 9.17) is 23.1 Å². The van der Waals surface area contributed by atoms with Crippen LogP contribution >= 0.6 is 11.6 Å². The second-order valence-corrected chi connectivity index (χ2v) is 4.63. The molecule has 0 bridgehead atoms. The molecule has 5 nitrogen and oxygen atoms in total. The summed E-state index contributed by atoms with van der Waals surface area (Å²) >= 11 is 6.15. The van der Waals surface area contributed by atoms with Crippen molar-refractivity contribution in [1.29, 1.82) is 0 Å². The lowest BCUT2D eigenvalue weighted by atomic mass is 10.1. The van der Waals surface area contributed by atoms with Crippen LogP contribution in [0.5, 0.6) is 0 Å². The van der Waals surface area contributed by atoms with Gasteiger partial charge < -0.3 is 11.5 Å². The largest absolute Gasteiger partial charge is 0.369 e. The van der Waals surface area contributed by atoms with Crippen LogP contribution in [0.25, 0.3) is 0 Å². The highest BCUT2D eigenvalue weighted by Crippen LogP contribution is 2.32. The van der Waals surface area contributed by atoms with Gasteiger partial charge in [0.1, 0.15) is 5.66 Å². The second-order valence-electron chi connectivity index (χ2n) is 4.22. The first-order valence-corrected chi connectivity index (χ1v) is 5.54. The van der Waals surface area contributed by atoms with Crippen LogP contribution in [0.1, 0.15) is 13.8 Å². The van der Waals surface area contributed by atoms with E-state index in [1.807, 2.05) is 32.0 Å². The molecule has 0 radical (unpaired) electrons. The van der Waals surface area contributed by atoms with Crippen molar-refractivity contribution in [1.82, 2.24) is 0 Å². The number of halogens is 1. The number of hydrogen-bond acceptors (Lipinski definition) is 5. The van der Waals surface area contributed by atoms with Crippen LogP contribution in [0.2, 0.25) is 5.02 Å². The molecule has 0 unspecified atom stereocenters. The minimum absolute atomic E-state index is 0.177. The molecule has 0 saturated heterocycles. The Morgan fingerprint density at radius 1 is 1.24 bits per heavy atom. The fourth-order valence-corrected chi connectivity index (χ4v) is 2.07. The van der Waals surface area contributed by atoms with Gasteiger partial charge in [-0.15, -0.1) is 0 Å². The van der Waals surface area contributed by atoms with E-state index >= 15 is 0 Å². The van der Waals surface area contributed by atoms with Crippen LogP contribution in [-0.2, 0) is 0 Å². The Bertz CT molecular complexity index is 506. The molecule has 1 aromatic carbocycles. The van der Waals surface area contributed by atoms with Gasteiger partial charge in [-0.25, -0.2) is 4.99 Å². The Kier molecular flexibility index (Phi) is 2.71. The summed E-state index contributed by atoms with van der Waals surface area (Å²) in [6.45, 7) is 3.79. The molecule has 0 spiro atoms. The molecule has 6 heteroatoms. The molecular formula is C11H14ClN5. The van der Waals surface area contributed by atoms with Crippen LogP contribution in [0.15, 0.2) is 34.3 Å². The fourth-order valence-electron chi connectivity index (χ4n) is 1.85. The van der Waals surface area contributed by atoms with E-state index in [0.29, 0.717) is 5.02 Å². The molecule has 0 aromatic heterocycles. The van der Waals surface area contributed by atoms with Gasteiger partial charge in [-0.3, -0.25) is 4.90 Å². The lowest BCUT2D eigenvalue weighted by molar-refractivity contribution is 0.534. The molecule has 17 heavy (non-hydrogen) atoms. The van der Waals surface area contributed by atoms with Gasteiger partial charge in [0, 0.05) is 0 Å². The summed E-state index contributed by atoms with van der Waals surface area (Å²) in [5.41, 5.74) is 11.7. The van der Waals surface area contributed by atoms with Crippen LogP contribution in [-0.4, -0.2) is 17.6 Å². The van der Waals surface area contributed by atoms with Crippen LogP contribution in [0.4, 0.5) is 5.69 Å². The number of nitrogens with zero attached hydrogens (tertiary/aromatic N) is 3. The molecule has 0 amide bonds. The molecule has 2 rings (SSSR count). The maximum absolute atomic E-state index is 6.15. The molecule has 1 aliphatic heterocycles. The van der Waals surface area contributed by atoms with Crippen molar-refractivity contribution in [3.05, 3.63) is 29.3 Å². The van der Waals surface area contributed by atoms with Crippen molar-refractivity contribution in [3.8, 4) is 0 Å². The molecule has 0 saturated carbocycles. The molecule has 1 heterocycles. The van der Waals surface area contributed by atoms with Crippen molar-refractivity contribution >= 4 is 29.2 Å². The first-order chi connectivity index (χ1) is 7.92. The summed E-state index contributed by atoms with van der Waals surface area (Å²) in [4.78, 5) is 9.98. The summed E-state index contributed by atoms with van der Waals surface area (Å²) in [6.07, 6.45) is 0. The third-order valence-corrected chi connectivity index (χ3v) is 2.81. The highest BCUT2D eigenvalue weighted by molar-refractivity contribution is 6.34. The minimum Gasteiger partial charge on any atom is -0.369 e. The van der Waals surface area contributed by atoms with E-state index in [9.17, 15) is 0 Å². The van der Waals surface area contributed by atoms with Crippen LogP contribution < -0.4 is 16.4 Å². The predicted octanol–water partition coefficient (Wildman–Crippen LogP) is 1.53. The normalized spacial score (nSPS) is 18.6. The van der Waals surface area contributed by atoms with E-state index in [-0.39, 0.29) is 11.9 Å². The molecule has 1 aliphatic rings. The monoisotopic (exact) mass is 251 g/mol. The minimum atomic E-state index is -0.610. The van der Waals surface area contributed by atoms with E-state index in [0.717, 1.165) is 5.69 Å². The van der Waals surface area contributed by atoms with Crippen molar-refractivity contribution in [2.45, 2.75) is 19.5 Å². The fraction of sp³-hybridized carbons (Fsp3) is 0.273. The highest BCUT2D eigenvalue weighted by atomic mass is 35.5. The average molecular weight is 252 g/mol. The van der Waals surface area contributed by atoms with Gasteiger partial charge in [0.15, 0.2) is 0 Å². The van der Waals surface area contributed by atoms with E-state index < -0.39 is 5.66 Å². The smallest absolute Gasteiger partial charge is 0.220 e. The highest BCUT2D eigenvalue weighted by Gasteiger charge is 2.33. The lowest BCUT2D eigenvalue weighted by Gasteiger charge is -2.38. The number of hydrogen-bond donors (Lipinski definition) is 2. The van der Waals surface area contributed by atoms with Gasteiger partial charge in [0.05, 0.1) is 10.7 Å². The van der Waals surface area contributed by atoms with Crippen LogP contribution in [0, 0.1) is 0 Å². The van der Waals surface area contributed by atoms with Gasteiger partial charge in [-0.05, 0) is 26.0 Å². The van der Waals surface area contributed by atoms with E-state index in [2.05, 4.69) is 9.98 Å². The molecule has 4 N–H and O–H groups in total. The van der Waals surface area contributed by atoms with Crippen molar-refractivity contribution < 1.29 is 0 Å². The Hall–Kier alpha value is -1.75. The zero-order valence-corrected chi connectivity index (χ0v) is 10.4.